The van der Waals surface area contributed by atoms with E-state index in [1.165, 1.54) is 34.9 Å². The number of pyridine rings is 1. The SMILES string of the molecule is CNc1ncc2cc(-c3ccc(F)c(NC(=O)Nc4cn(C(C)(C)C)nc4-c4cccc(F)c4)c3)c(=O)n(C)c2n1. The van der Waals surface area contributed by atoms with Gasteiger partial charge in [-0.05, 0) is 56.7 Å². The van der Waals surface area contributed by atoms with Gasteiger partial charge in [0.2, 0.25) is 5.95 Å². The molecule has 3 aromatic heterocycles. The molecule has 0 saturated heterocycles. The van der Waals surface area contributed by atoms with Gasteiger partial charge in [0, 0.05) is 43.0 Å². The maximum Gasteiger partial charge on any atom is 0.323 e. The van der Waals surface area contributed by atoms with Crippen LogP contribution in [-0.4, -0.2) is 37.4 Å². The first-order valence-electron chi connectivity index (χ1n) is 12.7. The molecule has 0 bridgehead atoms. The number of carbonyl (C=O) groups is 1. The second-order valence-electron chi connectivity index (χ2n) is 10.4. The minimum absolute atomic E-state index is 0.139. The Morgan fingerprint density at radius 3 is 2.44 bits per heavy atom. The smallest absolute Gasteiger partial charge is 0.323 e. The van der Waals surface area contributed by atoms with Crippen molar-refractivity contribution < 1.29 is 13.6 Å². The average molecular weight is 559 g/mol. The molecular formula is C29H28F2N8O2. The van der Waals surface area contributed by atoms with E-state index in [0.717, 1.165) is 0 Å². The van der Waals surface area contributed by atoms with E-state index in [1.807, 2.05) is 20.8 Å². The molecule has 41 heavy (non-hydrogen) atoms. The third-order valence-corrected chi connectivity index (χ3v) is 6.45. The normalized spacial score (nSPS) is 11.5. The zero-order valence-corrected chi connectivity index (χ0v) is 23.1. The maximum absolute atomic E-state index is 14.8. The first-order chi connectivity index (χ1) is 19.4. The Kier molecular flexibility index (Phi) is 6.99. The van der Waals surface area contributed by atoms with E-state index in [4.69, 9.17) is 0 Å². The summed E-state index contributed by atoms with van der Waals surface area (Å²) < 4.78 is 31.8. The third kappa shape index (κ3) is 5.49. The van der Waals surface area contributed by atoms with E-state index < -0.39 is 23.2 Å². The summed E-state index contributed by atoms with van der Waals surface area (Å²) in [6.45, 7) is 5.80. The number of rotatable bonds is 5. The highest BCUT2D eigenvalue weighted by Gasteiger charge is 2.21. The van der Waals surface area contributed by atoms with Crippen molar-refractivity contribution in [3.8, 4) is 22.4 Å². The number of amides is 2. The molecule has 3 heterocycles. The quantitative estimate of drug-likeness (QED) is 0.259. The molecule has 0 aliphatic rings. The summed E-state index contributed by atoms with van der Waals surface area (Å²) in [5, 5.41) is 13.2. The monoisotopic (exact) mass is 558 g/mol. The topological polar surface area (TPSA) is 119 Å². The number of fused-ring (bicyclic) bond motifs is 1. The number of carbonyl (C=O) groups excluding carboxylic acids is 1. The number of anilines is 3. The van der Waals surface area contributed by atoms with Gasteiger partial charge in [-0.2, -0.15) is 10.1 Å². The van der Waals surface area contributed by atoms with Crippen molar-refractivity contribution in [1.29, 1.82) is 0 Å². The lowest BCUT2D eigenvalue weighted by atomic mass is 10.1. The van der Waals surface area contributed by atoms with Crippen LogP contribution in [0.2, 0.25) is 0 Å². The summed E-state index contributed by atoms with van der Waals surface area (Å²) in [4.78, 5) is 34.8. The van der Waals surface area contributed by atoms with Crippen LogP contribution in [0.1, 0.15) is 20.8 Å². The van der Waals surface area contributed by atoms with Crippen molar-refractivity contribution in [2.24, 2.45) is 7.05 Å². The molecule has 5 aromatic rings. The van der Waals surface area contributed by atoms with E-state index >= 15 is 0 Å². The number of halogens is 2. The van der Waals surface area contributed by atoms with Crippen LogP contribution < -0.4 is 21.5 Å². The molecule has 0 unspecified atom stereocenters. The molecule has 0 spiro atoms. The molecule has 0 saturated carbocycles. The highest BCUT2D eigenvalue weighted by atomic mass is 19.1. The van der Waals surface area contributed by atoms with Crippen molar-refractivity contribution in [3.05, 3.63) is 82.9 Å². The van der Waals surface area contributed by atoms with Crippen LogP contribution in [0.4, 0.5) is 30.9 Å². The number of urea groups is 1. The fraction of sp³-hybridized carbons (Fsp3) is 0.207. The molecule has 10 nitrogen and oxygen atoms in total. The Labute approximate surface area is 234 Å². The summed E-state index contributed by atoms with van der Waals surface area (Å²) in [6.07, 6.45) is 3.22. The Morgan fingerprint density at radius 2 is 1.73 bits per heavy atom. The van der Waals surface area contributed by atoms with Crippen LogP contribution in [0.15, 0.2) is 65.7 Å². The molecule has 0 fully saturated rings. The molecule has 0 aliphatic heterocycles. The minimum atomic E-state index is -0.744. The zero-order valence-electron chi connectivity index (χ0n) is 23.1. The second-order valence-corrected chi connectivity index (χ2v) is 10.4. The summed E-state index contributed by atoms with van der Waals surface area (Å²) in [5.41, 5.74) is 1.32. The minimum Gasteiger partial charge on any atom is -0.357 e. The number of nitrogens with one attached hydrogen (secondary N) is 3. The standard InChI is InChI=1S/C29H28F2N8O2/c1-29(2,3)39-15-23(24(37-39)17-7-6-8-19(30)11-17)35-28(41)34-22-13-16(9-10-21(22)31)20-12-18-14-33-27(32-4)36-25(18)38(5)26(20)40/h6-15H,1-5H3,(H,32,33,36)(H2,34,35,41). The van der Waals surface area contributed by atoms with Crippen LogP contribution in [0.3, 0.4) is 0 Å². The van der Waals surface area contributed by atoms with Crippen LogP contribution in [0.25, 0.3) is 33.4 Å². The summed E-state index contributed by atoms with van der Waals surface area (Å²) in [7, 11) is 3.26. The molecule has 3 N–H and O–H groups in total. The van der Waals surface area contributed by atoms with Gasteiger partial charge in [-0.25, -0.2) is 18.6 Å². The summed E-state index contributed by atoms with van der Waals surface area (Å²) >= 11 is 0. The van der Waals surface area contributed by atoms with Gasteiger partial charge in [0.05, 0.1) is 16.9 Å². The Morgan fingerprint density at radius 1 is 0.976 bits per heavy atom. The molecule has 210 valence electrons. The predicted molar refractivity (Wildman–Crippen MR) is 155 cm³/mol. The maximum atomic E-state index is 14.8. The molecule has 2 aromatic carbocycles. The van der Waals surface area contributed by atoms with Crippen molar-refractivity contribution in [3.63, 3.8) is 0 Å². The van der Waals surface area contributed by atoms with Gasteiger partial charge in [0.25, 0.3) is 5.56 Å². The molecule has 0 atom stereocenters. The Bertz CT molecular complexity index is 1860. The summed E-state index contributed by atoms with van der Waals surface area (Å²) in [6, 6.07) is 10.8. The van der Waals surface area contributed by atoms with Gasteiger partial charge in [-0.15, -0.1) is 0 Å². The molecule has 0 radical (unpaired) electrons. The number of aromatic nitrogens is 5. The molecule has 5 rings (SSSR count). The predicted octanol–water partition coefficient (Wildman–Crippen LogP) is 5.58. The highest BCUT2D eigenvalue weighted by Crippen LogP contribution is 2.30. The van der Waals surface area contributed by atoms with Gasteiger partial charge in [0.1, 0.15) is 23.0 Å². The number of hydrogen-bond acceptors (Lipinski definition) is 6. The molecule has 2 amide bonds. The average Bonchev–Trinajstić information content (AvgIpc) is 3.36. The number of aryl methyl sites for hydroxylation is 1. The fourth-order valence-electron chi connectivity index (χ4n) is 4.30. The second kappa shape index (κ2) is 10.5. The largest absolute Gasteiger partial charge is 0.357 e. The molecular weight excluding hydrogens is 530 g/mol. The van der Waals surface area contributed by atoms with Crippen LogP contribution in [0.5, 0.6) is 0 Å². The first kappa shape index (κ1) is 27.4. The van der Waals surface area contributed by atoms with Crippen molar-refractivity contribution in [2.75, 3.05) is 23.0 Å². The van der Waals surface area contributed by atoms with E-state index in [9.17, 15) is 18.4 Å². The first-order valence-corrected chi connectivity index (χ1v) is 12.7. The van der Waals surface area contributed by atoms with Crippen LogP contribution in [-0.2, 0) is 12.6 Å². The number of benzene rings is 2. The van der Waals surface area contributed by atoms with Gasteiger partial charge >= 0.3 is 6.03 Å². The van der Waals surface area contributed by atoms with E-state index in [2.05, 4.69) is 31.0 Å². The van der Waals surface area contributed by atoms with E-state index in [1.54, 1.807) is 49.4 Å². The Balaban J connectivity index is 1.47. The summed E-state index contributed by atoms with van der Waals surface area (Å²) in [5.74, 6) is -0.775. The van der Waals surface area contributed by atoms with Crippen LogP contribution in [0, 0.1) is 11.6 Å². The lowest BCUT2D eigenvalue weighted by molar-refractivity contribution is 0.262. The van der Waals surface area contributed by atoms with Gasteiger partial charge in [-0.1, -0.05) is 18.2 Å². The lowest BCUT2D eigenvalue weighted by Gasteiger charge is -2.18. The van der Waals surface area contributed by atoms with E-state index in [-0.39, 0.29) is 16.8 Å². The molecule has 12 heteroatoms. The van der Waals surface area contributed by atoms with Crippen molar-refractivity contribution in [1.82, 2.24) is 24.3 Å². The third-order valence-electron chi connectivity index (χ3n) is 6.45. The van der Waals surface area contributed by atoms with Gasteiger partial charge in [0.15, 0.2) is 0 Å². The molecule has 0 aliphatic carbocycles. The van der Waals surface area contributed by atoms with Gasteiger partial charge < -0.3 is 16.0 Å². The fourth-order valence-corrected chi connectivity index (χ4v) is 4.30. The van der Waals surface area contributed by atoms with Crippen molar-refractivity contribution >= 4 is 34.4 Å². The van der Waals surface area contributed by atoms with Crippen LogP contribution >= 0.6 is 0 Å². The highest BCUT2D eigenvalue weighted by molar-refractivity contribution is 6.02. The van der Waals surface area contributed by atoms with Gasteiger partial charge in [-0.3, -0.25) is 14.0 Å². The lowest BCUT2D eigenvalue weighted by Crippen LogP contribution is -2.22. The zero-order chi connectivity index (χ0) is 29.5. The number of hydrogen-bond donors (Lipinski definition) is 3. The Hall–Kier alpha value is -5.13. The van der Waals surface area contributed by atoms with Crippen molar-refractivity contribution in [2.45, 2.75) is 26.3 Å². The van der Waals surface area contributed by atoms with E-state index in [0.29, 0.717) is 39.5 Å². The number of nitrogens with zero attached hydrogens (tertiary/aromatic N) is 5.